The molecule has 1 aromatic rings. The molecule has 0 radical (unpaired) electrons. The van der Waals surface area contributed by atoms with E-state index in [2.05, 4.69) is 86.6 Å². The molecule has 1 N–H and O–H groups in total. The van der Waals surface area contributed by atoms with E-state index in [1.54, 1.807) is 0 Å². The van der Waals surface area contributed by atoms with Gasteiger partial charge in [-0.25, -0.2) is 12.2 Å². The normalized spacial score (nSPS) is 12.9. The Hall–Kier alpha value is 0.674. The van der Waals surface area contributed by atoms with Gasteiger partial charge in [-0.2, -0.15) is 6.08 Å². The molecular weight excluding hydrogens is 594 g/mol. The molecule has 0 spiro atoms. The van der Waals surface area contributed by atoms with Gasteiger partial charge < -0.3 is 53.1 Å². The van der Waals surface area contributed by atoms with E-state index < -0.39 is 0 Å². The monoisotopic (exact) mass is 629 g/mol. The van der Waals surface area contributed by atoms with Gasteiger partial charge in [0.1, 0.15) is 5.75 Å². The summed E-state index contributed by atoms with van der Waals surface area (Å²) in [5.74, 6) is 0.466. The Morgan fingerprint density at radius 2 is 1.19 bits per heavy atom. The van der Waals surface area contributed by atoms with E-state index in [9.17, 15) is 5.11 Å². The molecule has 0 aromatic heterocycles. The molecule has 154 valence electrons. The van der Waals surface area contributed by atoms with E-state index in [-0.39, 0.29) is 85.9 Å². The second kappa shape index (κ2) is 12.4. The fraction of sp³-hybridized carbons (Fsp3) is 0.565. The number of aromatic hydroxyl groups is 1. The van der Waals surface area contributed by atoms with Crippen molar-refractivity contribution < 1.29 is 74.8 Å². The number of phenolic OH excluding ortho intramolecular Hbond substituents is 1. The fourth-order valence-corrected chi connectivity index (χ4v) is 2.55. The maximum absolute atomic E-state index is 10.7. The van der Waals surface area contributed by atoms with Crippen LogP contribution >= 0.6 is 0 Å². The zero-order chi connectivity index (χ0) is 18.8. The van der Waals surface area contributed by atoms with Crippen LogP contribution in [0.3, 0.4) is 0 Å². The van der Waals surface area contributed by atoms with E-state index in [0.717, 1.165) is 17.5 Å². The number of hydrogen-bond acceptors (Lipinski definition) is 1. The van der Waals surface area contributed by atoms with Crippen LogP contribution in [0.15, 0.2) is 30.4 Å². The SMILES string of the molecule is CC(C)(C)c1cc(C(C)(C)C)c(O)c(C(C)(C)C)c1.[C-]1=CC=CC1.[I-].[I-].[Ti]. The van der Waals surface area contributed by atoms with Crippen molar-refractivity contribution in [1.29, 1.82) is 0 Å². The Bertz CT molecular complexity index is 582. The average Bonchev–Trinajstić information content (AvgIpc) is 2.93. The summed E-state index contributed by atoms with van der Waals surface area (Å²) in [6.07, 6.45) is 10.0. The summed E-state index contributed by atoms with van der Waals surface area (Å²) < 4.78 is 0. The van der Waals surface area contributed by atoms with Crippen LogP contribution in [0, 0.1) is 6.08 Å². The second-order valence-corrected chi connectivity index (χ2v) is 9.67. The number of hydrogen-bond donors (Lipinski definition) is 1. The summed E-state index contributed by atoms with van der Waals surface area (Å²) >= 11 is 0. The van der Waals surface area contributed by atoms with Gasteiger partial charge in [0.2, 0.25) is 0 Å². The maximum Gasteiger partial charge on any atom is 0.123 e. The number of benzene rings is 1. The average molecular weight is 629 g/mol. The van der Waals surface area contributed by atoms with Crippen LogP contribution in [-0.2, 0) is 38.0 Å². The molecule has 1 aliphatic carbocycles. The zero-order valence-corrected chi connectivity index (χ0v) is 24.2. The van der Waals surface area contributed by atoms with Crippen LogP contribution in [0.2, 0.25) is 0 Å². The fourth-order valence-electron chi connectivity index (χ4n) is 2.55. The minimum Gasteiger partial charge on any atom is -1.00 e. The summed E-state index contributed by atoms with van der Waals surface area (Å²) in [6.45, 7) is 19.6. The van der Waals surface area contributed by atoms with Crippen LogP contribution < -0.4 is 48.0 Å². The zero-order valence-electron chi connectivity index (χ0n) is 18.3. The standard InChI is InChI=1S/C18H30O.C5H5.2HI.Ti/c1-16(2,3)12-10-13(17(4,5)6)15(19)14(11-12)18(7,8)9;1-2-4-5-3-1;;;/h10-11,19H,1-9H3;1-3H,4H2;2*1H;/q;-1;;;/p-2. The molecule has 0 fully saturated rings. The molecule has 0 bridgehead atoms. The molecular formula is C23H35I2OTi-3. The van der Waals surface area contributed by atoms with Gasteiger partial charge in [-0.05, 0) is 32.9 Å². The van der Waals surface area contributed by atoms with E-state index in [1.165, 1.54) is 5.56 Å². The van der Waals surface area contributed by atoms with Crippen LogP contribution in [0.1, 0.15) is 85.4 Å². The van der Waals surface area contributed by atoms with Gasteiger partial charge in [-0.1, -0.05) is 74.4 Å². The van der Waals surface area contributed by atoms with Crippen LogP contribution in [0.4, 0.5) is 0 Å². The predicted octanol–water partition coefficient (Wildman–Crippen LogP) is 0.596. The van der Waals surface area contributed by atoms with Crippen molar-refractivity contribution in [3.8, 4) is 5.75 Å². The Kier molecular flexibility index (Phi) is 14.8. The molecule has 27 heavy (non-hydrogen) atoms. The van der Waals surface area contributed by atoms with Crippen molar-refractivity contribution >= 4 is 0 Å². The van der Waals surface area contributed by atoms with E-state index in [1.807, 2.05) is 12.2 Å². The first-order valence-electron chi connectivity index (χ1n) is 8.85. The molecule has 1 nitrogen and oxygen atoms in total. The molecule has 1 aliphatic rings. The first kappa shape index (κ1) is 32.3. The third-order valence-electron chi connectivity index (χ3n) is 4.18. The summed E-state index contributed by atoms with van der Waals surface area (Å²) in [5.41, 5.74) is 3.37. The summed E-state index contributed by atoms with van der Waals surface area (Å²) in [7, 11) is 0. The van der Waals surface area contributed by atoms with Crippen molar-refractivity contribution in [3.05, 3.63) is 53.1 Å². The van der Waals surface area contributed by atoms with Gasteiger partial charge in [-0.3, -0.25) is 6.08 Å². The van der Waals surface area contributed by atoms with Crippen molar-refractivity contribution in [2.24, 2.45) is 0 Å². The van der Waals surface area contributed by atoms with Crippen molar-refractivity contribution in [2.75, 3.05) is 0 Å². The second-order valence-electron chi connectivity index (χ2n) is 9.67. The number of halogens is 2. The molecule has 4 heteroatoms. The minimum atomic E-state index is -0.0503. The first-order chi connectivity index (χ1) is 10.7. The van der Waals surface area contributed by atoms with Crippen molar-refractivity contribution in [3.63, 3.8) is 0 Å². The van der Waals surface area contributed by atoms with Crippen LogP contribution in [0.25, 0.3) is 0 Å². The van der Waals surface area contributed by atoms with Crippen LogP contribution in [0.5, 0.6) is 5.75 Å². The Balaban J connectivity index is -0.000000625. The largest absolute Gasteiger partial charge is 1.00 e. The molecule has 0 atom stereocenters. The van der Waals surface area contributed by atoms with Crippen molar-refractivity contribution in [2.45, 2.75) is 85.0 Å². The molecule has 0 amide bonds. The molecule has 0 saturated carbocycles. The third-order valence-corrected chi connectivity index (χ3v) is 4.18. The van der Waals surface area contributed by atoms with Crippen molar-refractivity contribution in [1.82, 2.24) is 0 Å². The van der Waals surface area contributed by atoms with Gasteiger partial charge in [0.15, 0.2) is 0 Å². The summed E-state index contributed by atoms with van der Waals surface area (Å²) in [6, 6.07) is 4.34. The van der Waals surface area contributed by atoms with Gasteiger partial charge in [0.25, 0.3) is 0 Å². The topological polar surface area (TPSA) is 20.2 Å². The van der Waals surface area contributed by atoms with E-state index in [0.29, 0.717) is 5.75 Å². The van der Waals surface area contributed by atoms with Gasteiger partial charge in [0, 0.05) is 21.7 Å². The van der Waals surface area contributed by atoms with Gasteiger partial charge >= 0.3 is 0 Å². The Labute approximate surface area is 216 Å². The predicted molar refractivity (Wildman–Crippen MR) is 106 cm³/mol. The Morgan fingerprint density at radius 1 is 0.778 bits per heavy atom. The number of rotatable bonds is 0. The summed E-state index contributed by atoms with van der Waals surface area (Å²) in [4.78, 5) is 0. The molecule has 0 saturated heterocycles. The third kappa shape index (κ3) is 10.3. The van der Waals surface area contributed by atoms with E-state index in [4.69, 9.17) is 0 Å². The molecule has 0 heterocycles. The minimum absolute atomic E-state index is 0. The quantitative estimate of drug-likeness (QED) is 0.254. The molecule has 2 rings (SSSR count). The van der Waals surface area contributed by atoms with Gasteiger partial charge in [0.05, 0.1) is 0 Å². The molecule has 1 aromatic carbocycles. The number of allylic oxidation sites excluding steroid dienone is 4. The van der Waals surface area contributed by atoms with Gasteiger partial charge in [-0.15, -0.1) is 6.42 Å². The molecule has 0 aliphatic heterocycles. The number of phenols is 1. The van der Waals surface area contributed by atoms with Crippen LogP contribution in [-0.4, -0.2) is 5.11 Å². The molecule has 0 unspecified atom stereocenters. The first-order valence-corrected chi connectivity index (χ1v) is 8.85. The van der Waals surface area contributed by atoms with E-state index >= 15 is 0 Å². The Morgan fingerprint density at radius 3 is 1.37 bits per heavy atom. The summed E-state index contributed by atoms with van der Waals surface area (Å²) in [5, 5.41) is 10.7. The smallest absolute Gasteiger partial charge is 0.123 e. The maximum atomic E-state index is 10.7.